The molecule has 3 heteroatoms. The van der Waals surface area contributed by atoms with Gasteiger partial charge in [0.15, 0.2) is 5.78 Å². The molecular formula is C20H30O3. The Bertz CT molecular complexity index is 569. The lowest BCUT2D eigenvalue weighted by molar-refractivity contribution is -0.138. The molecule has 0 radical (unpaired) electrons. The van der Waals surface area contributed by atoms with Crippen LogP contribution in [0.5, 0.6) is 0 Å². The highest BCUT2D eigenvalue weighted by molar-refractivity contribution is 5.88. The second-order valence-electron chi connectivity index (χ2n) is 9.86. The van der Waals surface area contributed by atoms with Gasteiger partial charge in [-0.1, -0.05) is 13.8 Å². The summed E-state index contributed by atoms with van der Waals surface area (Å²) in [7, 11) is 0. The van der Waals surface area contributed by atoms with Gasteiger partial charge < -0.3 is 9.84 Å². The Morgan fingerprint density at radius 2 is 1.91 bits per heavy atom. The third-order valence-electron chi connectivity index (χ3n) is 9.11. The number of aliphatic hydroxyl groups is 1. The van der Waals surface area contributed by atoms with Crippen molar-refractivity contribution in [1.29, 1.82) is 0 Å². The second-order valence-corrected chi connectivity index (χ2v) is 9.86. The van der Waals surface area contributed by atoms with Crippen LogP contribution in [0.4, 0.5) is 0 Å². The maximum atomic E-state index is 12.1. The van der Waals surface area contributed by atoms with Gasteiger partial charge in [0.05, 0.1) is 5.60 Å². The summed E-state index contributed by atoms with van der Waals surface area (Å²) in [6.45, 7) is 6.81. The van der Waals surface area contributed by atoms with Crippen LogP contribution in [0.2, 0.25) is 0 Å². The lowest BCUT2D eigenvalue weighted by atomic mass is 9.47. The van der Waals surface area contributed by atoms with Crippen molar-refractivity contribution in [3.05, 3.63) is 0 Å². The van der Waals surface area contributed by atoms with Crippen LogP contribution in [-0.2, 0) is 9.53 Å². The summed E-state index contributed by atoms with van der Waals surface area (Å²) in [5.74, 6) is 3.65. The van der Waals surface area contributed by atoms with E-state index >= 15 is 0 Å². The SMILES string of the molecule is C[C@@H]1C[C@]23O[C@H]2C(=O)CC[C@@H]3[C@@H]2CC[C@@]3(C)[C@H](CC[C@]3(C)O)[C@@H]21. The van der Waals surface area contributed by atoms with E-state index in [0.29, 0.717) is 29.5 Å². The summed E-state index contributed by atoms with van der Waals surface area (Å²) in [6.07, 6.45) is 7.28. The predicted molar refractivity (Wildman–Crippen MR) is 86.8 cm³/mol. The molecule has 9 atom stereocenters. The number of ether oxygens (including phenoxy) is 1. The molecule has 1 aliphatic heterocycles. The Balaban J connectivity index is 1.51. The van der Waals surface area contributed by atoms with Crippen molar-refractivity contribution in [3.8, 4) is 0 Å². The molecule has 0 aromatic carbocycles. The summed E-state index contributed by atoms with van der Waals surface area (Å²) >= 11 is 0. The average Bonchev–Trinajstić information content (AvgIpc) is 3.15. The highest BCUT2D eigenvalue weighted by Gasteiger charge is 2.73. The van der Waals surface area contributed by atoms with Crippen LogP contribution < -0.4 is 0 Å². The van der Waals surface area contributed by atoms with Gasteiger partial charge in [-0.25, -0.2) is 0 Å². The van der Waals surface area contributed by atoms with E-state index < -0.39 is 5.60 Å². The fourth-order valence-electron chi connectivity index (χ4n) is 7.76. The maximum Gasteiger partial charge on any atom is 0.164 e. The molecule has 0 bridgehead atoms. The fourth-order valence-corrected chi connectivity index (χ4v) is 7.76. The molecule has 4 aliphatic carbocycles. The Morgan fingerprint density at radius 1 is 1.13 bits per heavy atom. The molecule has 0 aromatic rings. The number of carbonyl (C=O) groups excluding carboxylic acids is 1. The first-order chi connectivity index (χ1) is 10.8. The van der Waals surface area contributed by atoms with E-state index in [-0.39, 0.29) is 17.1 Å². The van der Waals surface area contributed by atoms with E-state index in [1.54, 1.807) is 0 Å². The van der Waals surface area contributed by atoms with Crippen LogP contribution in [0.1, 0.15) is 65.7 Å². The minimum absolute atomic E-state index is 0.0651. The van der Waals surface area contributed by atoms with Crippen LogP contribution >= 0.6 is 0 Å². The van der Waals surface area contributed by atoms with Crippen molar-refractivity contribution >= 4 is 5.78 Å². The number of fused-ring (bicyclic) bond motifs is 4. The normalized spacial score (nSPS) is 63.7. The Morgan fingerprint density at radius 3 is 2.70 bits per heavy atom. The largest absolute Gasteiger partial charge is 0.390 e. The minimum atomic E-state index is -0.501. The Labute approximate surface area is 139 Å². The van der Waals surface area contributed by atoms with E-state index in [9.17, 15) is 9.90 Å². The molecule has 5 rings (SSSR count). The predicted octanol–water partition coefficient (Wildman–Crippen LogP) is 3.34. The number of ketones is 1. The van der Waals surface area contributed by atoms with E-state index in [0.717, 1.165) is 38.0 Å². The van der Waals surface area contributed by atoms with Crippen LogP contribution in [0.15, 0.2) is 0 Å². The minimum Gasteiger partial charge on any atom is -0.390 e. The zero-order chi connectivity index (χ0) is 16.2. The molecule has 1 N–H and O–H groups in total. The number of hydrogen-bond acceptors (Lipinski definition) is 3. The molecule has 0 amide bonds. The lowest BCUT2D eigenvalue weighted by Gasteiger charge is -2.58. The molecule has 1 heterocycles. The maximum absolute atomic E-state index is 12.1. The molecule has 1 spiro atoms. The fraction of sp³-hybridized carbons (Fsp3) is 0.950. The smallest absolute Gasteiger partial charge is 0.164 e. The first-order valence-electron chi connectivity index (χ1n) is 9.73. The molecule has 5 aliphatic rings. The summed E-state index contributed by atoms with van der Waals surface area (Å²) < 4.78 is 6.08. The van der Waals surface area contributed by atoms with Crippen LogP contribution in [0.3, 0.4) is 0 Å². The highest BCUT2D eigenvalue weighted by atomic mass is 16.6. The van der Waals surface area contributed by atoms with Crippen molar-refractivity contribution in [2.45, 2.75) is 83.0 Å². The van der Waals surface area contributed by atoms with Gasteiger partial charge >= 0.3 is 0 Å². The summed E-state index contributed by atoms with van der Waals surface area (Å²) in [4.78, 5) is 12.1. The van der Waals surface area contributed by atoms with Crippen molar-refractivity contribution < 1.29 is 14.6 Å². The van der Waals surface area contributed by atoms with Gasteiger partial charge in [-0.05, 0) is 80.5 Å². The first kappa shape index (κ1) is 14.9. The molecule has 1 saturated heterocycles. The van der Waals surface area contributed by atoms with Crippen LogP contribution in [-0.4, -0.2) is 28.2 Å². The molecule has 0 aromatic heterocycles. The summed E-state index contributed by atoms with van der Waals surface area (Å²) in [5.41, 5.74) is -0.495. The average molecular weight is 318 g/mol. The highest BCUT2D eigenvalue weighted by Crippen LogP contribution is 2.70. The monoisotopic (exact) mass is 318 g/mol. The molecule has 0 unspecified atom stereocenters. The molecule has 3 nitrogen and oxygen atoms in total. The number of rotatable bonds is 0. The van der Waals surface area contributed by atoms with Crippen molar-refractivity contribution in [3.63, 3.8) is 0 Å². The second kappa shape index (κ2) is 4.22. The number of carbonyl (C=O) groups is 1. The third kappa shape index (κ3) is 1.62. The molecular weight excluding hydrogens is 288 g/mol. The van der Waals surface area contributed by atoms with Crippen molar-refractivity contribution in [2.75, 3.05) is 0 Å². The van der Waals surface area contributed by atoms with Crippen LogP contribution in [0, 0.1) is 35.0 Å². The Kier molecular flexibility index (Phi) is 2.73. The lowest BCUT2D eigenvalue weighted by Crippen LogP contribution is -2.57. The molecule has 128 valence electrons. The van der Waals surface area contributed by atoms with Gasteiger partial charge in [-0.15, -0.1) is 0 Å². The van der Waals surface area contributed by atoms with Gasteiger partial charge in [0.25, 0.3) is 0 Å². The topological polar surface area (TPSA) is 49.8 Å². The third-order valence-corrected chi connectivity index (χ3v) is 9.11. The standard InChI is InChI=1S/C20H30O3/c1-11-10-20-13(4-5-15(21)17(20)23-20)12-6-8-18(2)14(16(11)12)7-9-19(18,3)22/h11-14,16-17,22H,4-10H2,1-3H3/t11-,12+,13-,14-,16-,17+,18+,19+,20-/m1/s1. The first-order valence-corrected chi connectivity index (χ1v) is 9.73. The number of Topliss-reactive ketones (excluding diaryl/α,β-unsaturated/α-hetero) is 1. The van der Waals surface area contributed by atoms with Gasteiger partial charge in [0, 0.05) is 6.42 Å². The van der Waals surface area contributed by atoms with Gasteiger partial charge in [-0.3, -0.25) is 4.79 Å². The van der Waals surface area contributed by atoms with E-state index in [4.69, 9.17) is 4.74 Å². The van der Waals surface area contributed by atoms with E-state index in [1.165, 1.54) is 12.8 Å². The summed E-state index contributed by atoms with van der Waals surface area (Å²) in [5, 5.41) is 11.0. The van der Waals surface area contributed by atoms with Gasteiger partial charge in [-0.2, -0.15) is 0 Å². The molecule has 5 fully saturated rings. The summed E-state index contributed by atoms with van der Waals surface area (Å²) in [6, 6.07) is 0. The molecule has 4 saturated carbocycles. The van der Waals surface area contributed by atoms with Crippen molar-refractivity contribution in [1.82, 2.24) is 0 Å². The number of epoxide rings is 1. The quantitative estimate of drug-likeness (QED) is 0.697. The zero-order valence-corrected chi connectivity index (χ0v) is 14.7. The van der Waals surface area contributed by atoms with Crippen molar-refractivity contribution in [2.24, 2.45) is 35.0 Å². The Hall–Kier alpha value is -0.410. The van der Waals surface area contributed by atoms with E-state index in [2.05, 4.69) is 20.8 Å². The van der Waals surface area contributed by atoms with Crippen LogP contribution in [0.25, 0.3) is 0 Å². The van der Waals surface area contributed by atoms with Gasteiger partial charge in [0.1, 0.15) is 11.7 Å². The molecule has 23 heavy (non-hydrogen) atoms. The van der Waals surface area contributed by atoms with E-state index in [1.807, 2.05) is 0 Å². The zero-order valence-electron chi connectivity index (χ0n) is 14.7. The number of hydrogen-bond donors (Lipinski definition) is 1. The van der Waals surface area contributed by atoms with Gasteiger partial charge in [0.2, 0.25) is 0 Å².